The number of benzene rings is 1. The highest BCUT2D eigenvalue weighted by atomic mass is 35.5. The number of aliphatic hydroxyl groups is 1. The van der Waals surface area contributed by atoms with Gasteiger partial charge in [0.1, 0.15) is 5.75 Å². The highest BCUT2D eigenvalue weighted by Gasteiger charge is 2.20. The van der Waals surface area contributed by atoms with Crippen molar-refractivity contribution in [3.8, 4) is 5.75 Å². The fraction of sp³-hybridized carbons (Fsp3) is 0.538. The fourth-order valence-electron chi connectivity index (χ4n) is 2.04. The summed E-state index contributed by atoms with van der Waals surface area (Å²) < 4.78 is 5.33. The molecule has 1 aromatic rings. The van der Waals surface area contributed by atoms with Crippen LogP contribution in [-0.2, 0) is 0 Å². The summed E-state index contributed by atoms with van der Waals surface area (Å²) in [6, 6.07) is 3.49. The largest absolute Gasteiger partial charge is 0.495 e. The van der Waals surface area contributed by atoms with Crippen molar-refractivity contribution in [3.63, 3.8) is 0 Å². The zero-order valence-electron chi connectivity index (χ0n) is 10.6. The van der Waals surface area contributed by atoms with Gasteiger partial charge in [0.15, 0.2) is 0 Å². The molecule has 2 unspecified atom stereocenters. The van der Waals surface area contributed by atoms with E-state index in [1.165, 1.54) is 0 Å². The molecule has 0 saturated heterocycles. The first-order valence-electron chi connectivity index (χ1n) is 5.94. The lowest BCUT2D eigenvalue weighted by Gasteiger charge is -2.21. The van der Waals surface area contributed by atoms with Crippen molar-refractivity contribution in [2.24, 2.45) is 5.73 Å². The van der Waals surface area contributed by atoms with E-state index in [4.69, 9.17) is 33.7 Å². The Morgan fingerprint density at radius 3 is 2.56 bits per heavy atom. The molecule has 0 aromatic heterocycles. The number of rotatable bonds is 6. The molecule has 102 valence electrons. The van der Waals surface area contributed by atoms with Gasteiger partial charge >= 0.3 is 0 Å². The summed E-state index contributed by atoms with van der Waals surface area (Å²) in [5.74, 6) is 0.742. The Morgan fingerprint density at radius 1 is 1.39 bits per heavy atom. The van der Waals surface area contributed by atoms with Crippen LogP contribution in [0.5, 0.6) is 5.75 Å². The highest BCUT2D eigenvalue weighted by Crippen LogP contribution is 2.39. The third-order valence-corrected chi connectivity index (χ3v) is 3.50. The maximum absolute atomic E-state index is 9.69. The monoisotopic (exact) mass is 291 g/mol. The molecule has 3 N–H and O–H groups in total. The molecule has 1 aromatic carbocycles. The van der Waals surface area contributed by atoms with Gasteiger partial charge in [-0.3, -0.25) is 0 Å². The Kier molecular flexibility index (Phi) is 6.22. The minimum absolute atomic E-state index is 0.120. The van der Waals surface area contributed by atoms with Gasteiger partial charge in [-0.05, 0) is 30.9 Å². The van der Waals surface area contributed by atoms with E-state index in [9.17, 15) is 5.11 Å². The van der Waals surface area contributed by atoms with Gasteiger partial charge in [-0.15, -0.1) is 0 Å². The Labute approximate surface area is 118 Å². The van der Waals surface area contributed by atoms with Crippen molar-refractivity contribution in [1.29, 1.82) is 0 Å². The first-order chi connectivity index (χ1) is 8.53. The Morgan fingerprint density at radius 2 is 2.06 bits per heavy atom. The number of methoxy groups -OCH3 is 1. The molecule has 0 spiro atoms. The summed E-state index contributed by atoms with van der Waals surface area (Å²) >= 11 is 12.1. The van der Waals surface area contributed by atoms with E-state index in [2.05, 4.69) is 0 Å². The van der Waals surface area contributed by atoms with Crippen molar-refractivity contribution >= 4 is 23.2 Å². The molecule has 0 saturated carbocycles. The minimum atomic E-state index is -0.530. The van der Waals surface area contributed by atoms with E-state index in [1.54, 1.807) is 13.2 Å². The number of hydrogen-bond acceptors (Lipinski definition) is 3. The van der Waals surface area contributed by atoms with Crippen molar-refractivity contribution in [3.05, 3.63) is 27.7 Å². The Hall–Kier alpha value is -0.480. The molecule has 0 aliphatic heterocycles. The Balaban J connectivity index is 3.11. The lowest BCUT2D eigenvalue weighted by atomic mass is 9.90. The zero-order valence-corrected chi connectivity index (χ0v) is 12.1. The van der Waals surface area contributed by atoms with Crippen LogP contribution in [0.4, 0.5) is 0 Å². The van der Waals surface area contributed by atoms with Gasteiger partial charge in [0.05, 0.1) is 18.2 Å². The first kappa shape index (κ1) is 15.6. The first-order valence-corrected chi connectivity index (χ1v) is 6.70. The number of hydrogen-bond donors (Lipinski definition) is 2. The zero-order chi connectivity index (χ0) is 13.7. The van der Waals surface area contributed by atoms with Gasteiger partial charge in [-0.2, -0.15) is 0 Å². The second kappa shape index (κ2) is 7.19. The lowest BCUT2D eigenvalue weighted by molar-refractivity contribution is 0.161. The Bertz CT molecular complexity index is 399. The topological polar surface area (TPSA) is 55.5 Å². The second-order valence-electron chi connectivity index (χ2n) is 4.24. The van der Waals surface area contributed by atoms with E-state index in [-0.39, 0.29) is 12.5 Å². The fourth-order valence-corrected chi connectivity index (χ4v) is 2.62. The third kappa shape index (κ3) is 3.75. The van der Waals surface area contributed by atoms with Crippen LogP contribution in [0.2, 0.25) is 10.0 Å². The maximum atomic E-state index is 9.69. The second-order valence-corrected chi connectivity index (χ2v) is 5.08. The molecular formula is C13H19Cl2NO2. The molecule has 0 radical (unpaired) electrons. The summed E-state index contributed by atoms with van der Waals surface area (Å²) in [5.41, 5.74) is 6.37. The molecule has 2 atom stereocenters. The van der Waals surface area contributed by atoms with Gasteiger partial charge in [-0.25, -0.2) is 0 Å². The van der Waals surface area contributed by atoms with Gasteiger partial charge in [0, 0.05) is 17.1 Å². The van der Waals surface area contributed by atoms with Gasteiger partial charge < -0.3 is 15.6 Å². The number of ether oxygens (including phenoxy) is 1. The van der Waals surface area contributed by atoms with Crippen molar-refractivity contribution in [1.82, 2.24) is 0 Å². The molecule has 5 heteroatoms. The molecular weight excluding hydrogens is 273 g/mol. The molecule has 0 aliphatic carbocycles. The molecule has 18 heavy (non-hydrogen) atoms. The van der Waals surface area contributed by atoms with Crippen LogP contribution in [0.1, 0.15) is 31.2 Å². The maximum Gasteiger partial charge on any atom is 0.141 e. The van der Waals surface area contributed by atoms with E-state index in [0.29, 0.717) is 22.2 Å². The number of aliphatic hydroxyl groups excluding tert-OH is 1. The highest BCUT2D eigenvalue weighted by molar-refractivity contribution is 6.35. The van der Waals surface area contributed by atoms with Gasteiger partial charge in [0.25, 0.3) is 0 Å². The van der Waals surface area contributed by atoms with Gasteiger partial charge in [0.2, 0.25) is 0 Å². The molecule has 0 amide bonds. The van der Waals surface area contributed by atoms with Crippen LogP contribution in [0.3, 0.4) is 0 Å². The van der Waals surface area contributed by atoms with E-state index in [1.807, 2.05) is 13.0 Å². The summed E-state index contributed by atoms with van der Waals surface area (Å²) in [4.78, 5) is 0. The molecule has 0 heterocycles. The predicted octanol–water partition coefficient (Wildman–Crippen LogP) is 3.21. The van der Waals surface area contributed by atoms with Crippen LogP contribution in [0.15, 0.2) is 12.1 Å². The molecule has 3 nitrogen and oxygen atoms in total. The normalized spacial score (nSPS) is 14.3. The van der Waals surface area contributed by atoms with E-state index >= 15 is 0 Å². The van der Waals surface area contributed by atoms with E-state index in [0.717, 1.165) is 12.0 Å². The van der Waals surface area contributed by atoms with Crippen LogP contribution < -0.4 is 10.5 Å². The van der Waals surface area contributed by atoms with Crippen molar-refractivity contribution in [2.75, 3.05) is 13.7 Å². The molecule has 0 aliphatic rings. The smallest absolute Gasteiger partial charge is 0.141 e. The number of nitrogens with two attached hydrogens (primary N) is 1. The van der Waals surface area contributed by atoms with Crippen LogP contribution in [0, 0.1) is 0 Å². The van der Waals surface area contributed by atoms with Crippen molar-refractivity contribution in [2.45, 2.75) is 31.8 Å². The standard InChI is InChI=1S/C13H19Cl2NO2/c1-3-8(4-10(17)7-16)11-5-9(14)6-12(15)13(11)18-2/h5-6,8,10,17H,3-4,7,16H2,1-2H3. The molecule has 0 fully saturated rings. The SMILES string of the molecule is CCC(CC(O)CN)c1cc(Cl)cc(Cl)c1OC. The van der Waals surface area contributed by atoms with Crippen molar-refractivity contribution < 1.29 is 9.84 Å². The average molecular weight is 292 g/mol. The quantitative estimate of drug-likeness (QED) is 0.846. The lowest BCUT2D eigenvalue weighted by Crippen LogP contribution is -2.22. The summed E-state index contributed by atoms with van der Waals surface area (Å²) in [6.45, 7) is 2.29. The summed E-state index contributed by atoms with van der Waals surface area (Å²) in [6.07, 6.45) is 0.891. The number of halogens is 2. The minimum Gasteiger partial charge on any atom is -0.495 e. The summed E-state index contributed by atoms with van der Waals surface area (Å²) in [5, 5.41) is 10.7. The van der Waals surface area contributed by atoms with Crippen LogP contribution >= 0.6 is 23.2 Å². The van der Waals surface area contributed by atoms with Crippen LogP contribution in [0.25, 0.3) is 0 Å². The molecule has 0 bridgehead atoms. The summed E-state index contributed by atoms with van der Waals surface area (Å²) in [7, 11) is 1.57. The molecule has 1 rings (SSSR count). The average Bonchev–Trinajstić information content (AvgIpc) is 2.34. The van der Waals surface area contributed by atoms with Gasteiger partial charge in [-0.1, -0.05) is 30.1 Å². The predicted molar refractivity (Wildman–Crippen MR) is 75.7 cm³/mol. The van der Waals surface area contributed by atoms with Crippen LogP contribution in [-0.4, -0.2) is 24.9 Å². The van der Waals surface area contributed by atoms with E-state index < -0.39 is 6.10 Å². The third-order valence-electron chi connectivity index (χ3n) is 3.00.